The summed E-state index contributed by atoms with van der Waals surface area (Å²) in [6, 6.07) is 5.28. The minimum absolute atomic E-state index is 0.00133. The van der Waals surface area contributed by atoms with Gasteiger partial charge in [-0.25, -0.2) is 22.3 Å². The fourth-order valence-corrected chi connectivity index (χ4v) is 5.18. The molecular weight excluding hydrogens is 411 g/mol. The molecule has 3 rings (SSSR count). The molecule has 0 aromatic heterocycles. The number of urea groups is 1. The van der Waals surface area contributed by atoms with Crippen LogP contribution >= 0.6 is 0 Å². The Morgan fingerprint density at radius 3 is 2.47 bits per heavy atom. The van der Waals surface area contributed by atoms with Gasteiger partial charge < -0.3 is 14.5 Å². The van der Waals surface area contributed by atoms with Gasteiger partial charge in [0.05, 0.1) is 4.90 Å². The number of ether oxygens (including phenoxy) is 1. The Kier molecular flexibility index (Phi) is 7.67. The molecular formula is C20H31FN4O4S. The van der Waals surface area contributed by atoms with E-state index in [4.69, 9.17) is 4.74 Å². The van der Waals surface area contributed by atoms with Gasteiger partial charge in [0.2, 0.25) is 10.0 Å². The summed E-state index contributed by atoms with van der Waals surface area (Å²) in [7, 11) is -0.209. The number of hydrogen-bond donors (Lipinski definition) is 1. The summed E-state index contributed by atoms with van der Waals surface area (Å²) in [5, 5.41) is 0. The zero-order valence-corrected chi connectivity index (χ0v) is 18.4. The molecule has 2 aliphatic heterocycles. The Morgan fingerprint density at radius 2 is 1.83 bits per heavy atom. The third-order valence-electron chi connectivity index (χ3n) is 5.73. The van der Waals surface area contributed by atoms with E-state index in [-0.39, 0.29) is 23.5 Å². The Bertz CT molecular complexity index is 813. The molecule has 1 aromatic carbocycles. The quantitative estimate of drug-likeness (QED) is 0.689. The van der Waals surface area contributed by atoms with E-state index in [1.165, 1.54) is 12.1 Å². The minimum atomic E-state index is -3.70. The molecule has 1 aromatic rings. The molecule has 10 heteroatoms. The second kappa shape index (κ2) is 10.0. The van der Waals surface area contributed by atoms with Gasteiger partial charge in [0.25, 0.3) is 0 Å². The lowest BCUT2D eigenvalue weighted by atomic mass is 10.0. The second-order valence-corrected chi connectivity index (χ2v) is 9.77. The highest BCUT2D eigenvalue weighted by Gasteiger charge is 2.35. The summed E-state index contributed by atoms with van der Waals surface area (Å²) < 4.78 is 46.2. The highest BCUT2D eigenvalue weighted by atomic mass is 32.2. The van der Waals surface area contributed by atoms with Crippen LogP contribution in [-0.2, 0) is 14.8 Å². The molecule has 2 fully saturated rings. The standard InChI is InChI=1S/C20H31FN4O4S/c1-23(2)20(26)24-11-7-18(15-24)25(17-8-13-29-14-9-17)12-10-22-30(27,28)19-5-3-16(21)4-6-19/h3-6,17-18,22H,7-15H2,1-2H3. The third kappa shape index (κ3) is 5.69. The smallest absolute Gasteiger partial charge is 0.319 e. The molecule has 0 saturated carbocycles. The summed E-state index contributed by atoms with van der Waals surface area (Å²) in [4.78, 5) is 18.1. The number of benzene rings is 1. The van der Waals surface area contributed by atoms with Crippen LogP contribution < -0.4 is 4.72 Å². The fraction of sp³-hybridized carbons (Fsp3) is 0.650. The van der Waals surface area contributed by atoms with Crippen LogP contribution in [0.3, 0.4) is 0 Å². The van der Waals surface area contributed by atoms with E-state index in [0.717, 1.165) is 31.4 Å². The van der Waals surface area contributed by atoms with Crippen molar-refractivity contribution in [2.45, 2.75) is 36.2 Å². The molecule has 0 radical (unpaired) electrons. The number of rotatable bonds is 7. The monoisotopic (exact) mass is 442 g/mol. The van der Waals surface area contributed by atoms with E-state index < -0.39 is 15.8 Å². The highest BCUT2D eigenvalue weighted by molar-refractivity contribution is 7.89. The molecule has 168 valence electrons. The van der Waals surface area contributed by atoms with E-state index >= 15 is 0 Å². The fourth-order valence-electron chi connectivity index (χ4n) is 4.16. The van der Waals surface area contributed by atoms with E-state index in [0.29, 0.717) is 38.9 Å². The van der Waals surface area contributed by atoms with Gasteiger partial charge in [-0.05, 0) is 43.5 Å². The number of nitrogens with zero attached hydrogens (tertiary/aromatic N) is 3. The maximum absolute atomic E-state index is 13.1. The molecule has 0 bridgehead atoms. The summed E-state index contributed by atoms with van der Waals surface area (Å²) in [6.45, 7) is 3.50. The van der Waals surface area contributed by atoms with Crippen LogP contribution in [0.2, 0.25) is 0 Å². The highest BCUT2D eigenvalue weighted by Crippen LogP contribution is 2.23. The van der Waals surface area contributed by atoms with Gasteiger partial charge >= 0.3 is 6.03 Å². The number of amides is 2. The lowest BCUT2D eigenvalue weighted by molar-refractivity contribution is 0.0193. The van der Waals surface area contributed by atoms with Crippen molar-refractivity contribution in [3.63, 3.8) is 0 Å². The topological polar surface area (TPSA) is 82.2 Å². The first-order valence-corrected chi connectivity index (χ1v) is 11.8. The van der Waals surface area contributed by atoms with E-state index in [2.05, 4.69) is 9.62 Å². The Hall–Kier alpha value is -1.75. The van der Waals surface area contributed by atoms with Crippen molar-refractivity contribution in [2.24, 2.45) is 0 Å². The Labute approximate surface area is 178 Å². The van der Waals surface area contributed by atoms with Crippen LogP contribution in [0.1, 0.15) is 19.3 Å². The maximum atomic E-state index is 13.1. The SMILES string of the molecule is CN(C)C(=O)N1CCC(N(CCNS(=O)(=O)c2ccc(F)cc2)C2CCOCC2)C1. The molecule has 1 atom stereocenters. The zero-order chi connectivity index (χ0) is 21.7. The van der Waals surface area contributed by atoms with Gasteiger partial charge in [0.1, 0.15) is 5.82 Å². The second-order valence-electron chi connectivity index (χ2n) is 8.00. The van der Waals surface area contributed by atoms with Crippen molar-refractivity contribution in [2.75, 3.05) is 53.5 Å². The number of sulfonamides is 1. The lowest BCUT2D eigenvalue weighted by Gasteiger charge is -2.38. The minimum Gasteiger partial charge on any atom is -0.381 e. The predicted octanol–water partition coefficient (Wildman–Crippen LogP) is 1.34. The van der Waals surface area contributed by atoms with Crippen molar-refractivity contribution < 1.29 is 22.3 Å². The van der Waals surface area contributed by atoms with Crippen molar-refractivity contribution in [1.82, 2.24) is 19.4 Å². The first-order chi connectivity index (χ1) is 14.3. The molecule has 2 amide bonds. The van der Waals surface area contributed by atoms with E-state index in [9.17, 15) is 17.6 Å². The summed E-state index contributed by atoms with van der Waals surface area (Å²) in [6.07, 6.45) is 2.65. The lowest BCUT2D eigenvalue weighted by Crippen LogP contribution is -2.50. The van der Waals surface area contributed by atoms with Gasteiger partial charge in [-0.15, -0.1) is 0 Å². The van der Waals surface area contributed by atoms with Gasteiger partial charge in [0.15, 0.2) is 0 Å². The van der Waals surface area contributed by atoms with Gasteiger partial charge in [-0.1, -0.05) is 0 Å². The van der Waals surface area contributed by atoms with Gasteiger partial charge in [-0.3, -0.25) is 4.90 Å². The normalized spacial score (nSPS) is 20.7. The van der Waals surface area contributed by atoms with E-state index in [1.54, 1.807) is 19.0 Å². The molecule has 2 aliphatic rings. The zero-order valence-electron chi connectivity index (χ0n) is 17.6. The van der Waals surface area contributed by atoms with Crippen molar-refractivity contribution >= 4 is 16.1 Å². The van der Waals surface area contributed by atoms with Crippen molar-refractivity contribution in [1.29, 1.82) is 0 Å². The van der Waals surface area contributed by atoms with Gasteiger partial charge in [0, 0.05) is 65.6 Å². The van der Waals surface area contributed by atoms with Crippen LogP contribution in [0.25, 0.3) is 0 Å². The maximum Gasteiger partial charge on any atom is 0.319 e. The van der Waals surface area contributed by atoms with Crippen LogP contribution in [0.5, 0.6) is 0 Å². The van der Waals surface area contributed by atoms with Crippen LogP contribution in [0, 0.1) is 5.82 Å². The first kappa shape index (κ1) is 22.9. The molecule has 1 unspecified atom stereocenters. The average Bonchev–Trinajstić information content (AvgIpc) is 3.21. The largest absolute Gasteiger partial charge is 0.381 e. The van der Waals surface area contributed by atoms with Crippen LogP contribution in [0.4, 0.5) is 9.18 Å². The number of likely N-dealkylation sites (tertiary alicyclic amines) is 1. The molecule has 1 N–H and O–H groups in total. The number of halogens is 1. The number of carbonyl (C=O) groups excluding carboxylic acids is 1. The molecule has 8 nitrogen and oxygen atoms in total. The van der Waals surface area contributed by atoms with Crippen molar-refractivity contribution in [3.8, 4) is 0 Å². The molecule has 2 saturated heterocycles. The van der Waals surface area contributed by atoms with Crippen LogP contribution in [0.15, 0.2) is 29.2 Å². The number of nitrogens with one attached hydrogen (secondary N) is 1. The van der Waals surface area contributed by atoms with Crippen molar-refractivity contribution in [3.05, 3.63) is 30.1 Å². The predicted molar refractivity (Wildman–Crippen MR) is 111 cm³/mol. The third-order valence-corrected chi connectivity index (χ3v) is 7.21. The molecule has 2 heterocycles. The molecule has 0 aliphatic carbocycles. The number of hydrogen-bond acceptors (Lipinski definition) is 5. The molecule has 0 spiro atoms. The first-order valence-electron chi connectivity index (χ1n) is 10.3. The summed E-state index contributed by atoms with van der Waals surface area (Å²) >= 11 is 0. The van der Waals surface area contributed by atoms with Gasteiger partial charge in [-0.2, -0.15) is 0 Å². The van der Waals surface area contributed by atoms with Crippen LogP contribution in [-0.4, -0.2) is 94.7 Å². The summed E-state index contributed by atoms with van der Waals surface area (Å²) in [5.41, 5.74) is 0. The van der Waals surface area contributed by atoms with E-state index in [1.807, 2.05) is 4.90 Å². The average molecular weight is 443 g/mol. The number of carbonyl (C=O) groups is 1. The molecule has 30 heavy (non-hydrogen) atoms. The Morgan fingerprint density at radius 1 is 1.17 bits per heavy atom. The Balaban J connectivity index is 1.63. The summed E-state index contributed by atoms with van der Waals surface area (Å²) in [5.74, 6) is -0.474.